The minimum atomic E-state index is 0.177. The van der Waals surface area contributed by atoms with Crippen LogP contribution in [0.3, 0.4) is 0 Å². The summed E-state index contributed by atoms with van der Waals surface area (Å²) in [6.07, 6.45) is 6.23. The van der Waals surface area contributed by atoms with Crippen molar-refractivity contribution in [1.82, 2.24) is 19.7 Å². The van der Waals surface area contributed by atoms with Crippen LogP contribution in [0, 0.1) is 5.41 Å². The zero-order valence-corrected chi connectivity index (χ0v) is 9.26. The fourth-order valence-electron chi connectivity index (χ4n) is 2.12. The lowest BCUT2D eigenvalue weighted by Crippen LogP contribution is -2.24. The Hall–Kier alpha value is -1.49. The molecule has 0 aliphatic carbocycles. The van der Waals surface area contributed by atoms with Crippen molar-refractivity contribution in [3.63, 3.8) is 0 Å². The van der Waals surface area contributed by atoms with Crippen LogP contribution in [0.25, 0.3) is 11.2 Å². The van der Waals surface area contributed by atoms with Crippen molar-refractivity contribution in [1.29, 1.82) is 0 Å². The van der Waals surface area contributed by atoms with Crippen LogP contribution in [-0.4, -0.2) is 33.0 Å². The van der Waals surface area contributed by atoms with Gasteiger partial charge in [0.2, 0.25) is 0 Å². The zero-order valence-electron chi connectivity index (χ0n) is 9.26. The summed E-state index contributed by atoms with van der Waals surface area (Å²) in [7, 11) is 0. The van der Waals surface area contributed by atoms with E-state index in [1.807, 2.05) is 4.68 Å². The van der Waals surface area contributed by atoms with Gasteiger partial charge in [0.25, 0.3) is 0 Å². The summed E-state index contributed by atoms with van der Waals surface area (Å²) < 4.78 is 7.37. The van der Waals surface area contributed by atoms with E-state index in [-0.39, 0.29) is 5.41 Å². The predicted octanol–water partition coefficient (Wildman–Crippen LogP) is 1.25. The minimum Gasteiger partial charge on any atom is -0.381 e. The molecule has 0 spiro atoms. The van der Waals surface area contributed by atoms with Gasteiger partial charge in [-0.2, -0.15) is 5.10 Å². The van der Waals surface area contributed by atoms with Crippen LogP contribution < -0.4 is 0 Å². The molecular formula is C11H14N4O. The molecule has 0 saturated carbocycles. The SMILES string of the molecule is CC1(Cn2ncc3nccnc32)CCOC1. The number of nitrogens with zero attached hydrogens (tertiary/aromatic N) is 4. The third kappa shape index (κ3) is 1.57. The number of ether oxygens (including phenoxy) is 1. The molecule has 0 aromatic carbocycles. The smallest absolute Gasteiger partial charge is 0.176 e. The van der Waals surface area contributed by atoms with Crippen LogP contribution in [0.2, 0.25) is 0 Å². The molecule has 1 aliphatic heterocycles. The highest BCUT2D eigenvalue weighted by atomic mass is 16.5. The van der Waals surface area contributed by atoms with Gasteiger partial charge in [-0.25, -0.2) is 14.6 Å². The van der Waals surface area contributed by atoms with Crippen molar-refractivity contribution in [3.05, 3.63) is 18.6 Å². The number of hydrogen-bond donors (Lipinski definition) is 0. The summed E-state index contributed by atoms with van der Waals surface area (Å²) in [6, 6.07) is 0. The van der Waals surface area contributed by atoms with Gasteiger partial charge in [0.15, 0.2) is 5.65 Å². The Bertz CT molecular complexity index is 501. The van der Waals surface area contributed by atoms with Crippen molar-refractivity contribution >= 4 is 11.2 Å². The quantitative estimate of drug-likeness (QED) is 0.761. The van der Waals surface area contributed by atoms with E-state index in [2.05, 4.69) is 22.0 Å². The Labute approximate surface area is 93.5 Å². The zero-order chi connectivity index (χ0) is 11.0. The standard InChI is InChI=1S/C11H14N4O/c1-11(2-5-16-8-11)7-15-10-9(6-14-15)12-3-4-13-10/h3-4,6H,2,5,7-8H2,1H3. The summed E-state index contributed by atoms with van der Waals surface area (Å²) in [4.78, 5) is 8.53. The predicted molar refractivity (Wildman–Crippen MR) is 58.9 cm³/mol. The minimum absolute atomic E-state index is 0.177. The first-order chi connectivity index (χ1) is 7.77. The molecule has 84 valence electrons. The Morgan fingerprint density at radius 2 is 2.31 bits per heavy atom. The second-order valence-corrected chi connectivity index (χ2v) is 4.68. The van der Waals surface area contributed by atoms with Crippen molar-refractivity contribution in [2.45, 2.75) is 19.9 Å². The molecule has 1 aliphatic rings. The average molecular weight is 218 g/mol. The molecule has 1 unspecified atom stereocenters. The van der Waals surface area contributed by atoms with Crippen LogP contribution in [0.4, 0.5) is 0 Å². The Kier molecular flexibility index (Phi) is 2.14. The van der Waals surface area contributed by atoms with Gasteiger partial charge >= 0.3 is 0 Å². The molecule has 5 nitrogen and oxygen atoms in total. The monoisotopic (exact) mass is 218 g/mol. The summed E-state index contributed by atoms with van der Waals surface area (Å²) in [5.41, 5.74) is 1.89. The summed E-state index contributed by atoms with van der Waals surface area (Å²) in [5, 5.41) is 4.34. The molecule has 3 rings (SSSR count). The van der Waals surface area contributed by atoms with Gasteiger partial charge in [-0.1, -0.05) is 6.92 Å². The van der Waals surface area contributed by atoms with Crippen LogP contribution >= 0.6 is 0 Å². The first-order valence-electron chi connectivity index (χ1n) is 5.47. The second kappa shape index (κ2) is 3.52. The highest BCUT2D eigenvalue weighted by molar-refractivity contribution is 5.68. The van der Waals surface area contributed by atoms with E-state index in [1.54, 1.807) is 18.6 Å². The number of hydrogen-bond acceptors (Lipinski definition) is 4. The van der Waals surface area contributed by atoms with E-state index in [4.69, 9.17) is 4.74 Å². The Morgan fingerprint density at radius 1 is 1.44 bits per heavy atom. The van der Waals surface area contributed by atoms with E-state index in [1.165, 1.54) is 0 Å². The van der Waals surface area contributed by atoms with E-state index >= 15 is 0 Å². The lowest BCUT2D eigenvalue weighted by molar-refractivity contribution is 0.148. The topological polar surface area (TPSA) is 52.8 Å². The molecule has 2 aromatic rings. The molecule has 2 aromatic heterocycles. The Morgan fingerprint density at radius 3 is 3.12 bits per heavy atom. The van der Waals surface area contributed by atoms with E-state index in [0.29, 0.717) is 0 Å². The van der Waals surface area contributed by atoms with Gasteiger partial charge in [-0.15, -0.1) is 0 Å². The highest BCUT2D eigenvalue weighted by Crippen LogP contribution is 2.30. The van der Waals surface area contributed by atoms with Crippen LogP contribution in [0.15, 0.2) is 18.6 Å². The molecule has 1 saturated heterocycles. The molecule has 0 amide bonds. The average Bonchev–Trinajstić information content (AvgIpc) is 2.87. The first kappa shape index (κ1) is 9.72. The molecule has 16 heavy (non-hydrogen) atoms. The maximum Gasteiger partial charge on any atom is 0.176 e. The molecule has 1 atom stereocenters. The van der Waals surface area contributed by atoms with Gasteiger partial charge in [0, 0.05) is 24.4 Å². The highest BCUT2D eigenvalue weighted by Gasteiger charge is 2.31. The first-order valence-corrected chi connectivity index (χ1v) is 5.47. The maximum atomic E-state index is 5.44. The number of rotatable bonds is 2. The lowest BCUT2D eigenvalue weighted by atomic mass is 9.90. The van der Waals surface area contributed by atoms with Crippen molar-refractivity contribution < 1.29 is 4.74 Å². The molecular weight excluding hydrogens is 204 g/mol. The second-order valence-electron chi connectivity index (χ2n) is 4.68. The molecule has 0 N–H and O–H groups in total. The van der Waals surface area contributed by atoms with Crippen molar-refractivity contribution in [3.8, 4) is 0 Å². The molecule has 5 heteroatoms. The van der Waals surface area contributed by atoms with Gasteiger partial charge in [-0.05, 0) is 6.42 Å². The maximum absolute atomic E-state index is 5.44. The summed E-state index contributed by atoms with van der Waals surface area (Å²) >= 11 is 0. The third-order valence-corrected chi connectivity index (χ3v) is 3.10. The fraction of sp³-hybridized carbons (Fsp3) is 0.545. The normalized spacial score (nSPS) is 25.3. The van der Waals surface area contributed by atoms with Crippen LogP contribution in [0.1, 0.15) is 13.3 Å². The molecule has 1 fully saturated rings. The molecule has 3 heterocycles. The number of aromatic nitrogens is 4. The van der Waals surface area contributed by atoms with Gasteiger partial charge in [0.05, 0.1) is 19.3 Å². The van der Waals surface area contributed by atoms with Crippen LogP contribution in [0.5, 0.6) is 0 Å². The van der Waals surface area contributed by atoms with Crippen LogP contribution in [-0.2, 0) is 11.3 Å². The fourth-order valence-corrected chi connectivity index (χ4v) is 2.12. The van der Waals surface area contributed by atoms with Gasteiger partial charge in [0.1, 0.15) is 5.52 Å². The van der Waals surface area contributed by atoms with Crippen molar-refractivity contribution in [2.75, 3.05) is 13.2 Å². The van der Waals surface area contributed by atoms with Crippen molar-refractivity contribution in [2.24, 2.45) is 5.41 Å². The Balaban J connectivity index is 1.94. The van der Waals surface area contributed by atoms with E-state index in [9.17, 15) is 0 Å². The van der Waals surface area contributed by atoms with Gasteiger partial charge < -0.3 is 4.74 Å². The summed E-state index contributed by atoms with van der Waals surface area (Å²) in [6.45, 7) is 4.72. The summed E-state index contributed by atoms with van der Waals surface area (Å²) in [5.74, 6) is 0. The van der Waals surface area contributed by atoms with Gasteiger partial charge in [-0.3, -0.25) is 0 Å². The lowest BCUT2D eigenvalue weighted by Gasteiger charge is -2.21. The number of fused-ring (bicyclic) bond motifs is 1. The molecule has 0 bridgehead atoms. The van der Waals surface area contributed by atoms with E-state index < -0.39 is 0 Å². The third-order valence-electron chi connectivity index (χ3n) is 3.10. The largest absolute Gasteiger partial charge is 0.381 e. The van der Waals surface area contributed by atoms with E-state index in [0.717, 1.165) is 37.3 Å². The molecule has 0 radical (unpaired) electrons.